The van der Waals surface area contributed by atoms with E-state index in [9.17, 15) is 17.2 Å². The summed E-state index contributed by atoms with van der Waals surface area (Å²) in [6.45, 7) is 5.74. The Bertz CT molecular complexity index is 1080. The highest BCUT2D eigenvalue weighted by Gasteiger charge is 2.25. The van der Waals surface area contributed by atoms with Crippen molar-refractivity contribution in [2.75, 3.05) is 22.9 Å². The number of primary sulfonamides is 1. The smallest absolute Gasteiger partial charge is 0.312 e. The first kappa shape index (κ1) is 22.0. The summed E-state index contributed by atoms with van der Waals surface area (Å²) in [6.07, 6.45) is -0.757. The molecule has 0 radical (unpaired) electrons. The Hall–Kier alpha value is -2.66. The Balaban J connectivity index is 1.99. The van der Waals surface area contributed by atoms with Crippen molar-refractivity contribution in [3.63, 3.8) is 0 Å². The SMILES string of the molecule is C=Nc1c(N)nc(F)nc1N(CCCS(N)(=O)=O)Cc1cc2c(cc1C)CCC2F. The number of nitrogens with zero attached hydrogens (tertiary/aromatic N) is 4. The number of aryl methyl sites for hydroxylation is 2. The van der Waals surface area contributed by atoms with Gasteiger partial charge in [-0.15, -0.1) is 0 Å². The van der Waals surface area contributed by atoms with E-state index in [2.05, 4.69) is 21.7 Å². The molecule has 8 nitrogen and oxygen atoms in total. The van der Waals surface area contributed by atoms with E-state index in [0.29, 0.717) is 18.4 Å². The lowest BCUT2D eigenvalue weighted by Gasteiger charge is -2.26. The average molecular weight is 439 g/mol. The van der Waals surface area contributed by atoms with Gasteiger partial charge in [0.2, 0.25) is 10.0 Å². The number of nitrogens with two attached hydrogens (primary N) is 2. The van der Waals surface area contributed by atoms with Gasteiger partial charge >= 0.3 is 6.08 Å². The molecule has 0 aliphatic heterocycles. The van der Waals surface area contributed by atoms with Crippen molar-refractivity contribution < 1.29 is 17.2 Å². The zero-order valence-corrected chi connectivity index (χ0v) is 17.4. The third-order valence-electron chi connectivity index (χ3n) is 5.14. The topological polar surface area (TPSA) is 128 Å². The number of rotatable bonds is 8. The molecule has 11 heteroatoms. The summed E-state index contributed by atoms with van der Waals surface area (Å²) in [7, 11) is -3.67. The first-order valence-corrected chi connectivity index (χ1v) is 11.1. The molecule has 0 amide bonds. The van der Waals surface area contributed by atoms with Crippen LogP contribution in [0.4, 0.5) is 26.1 Å². The molecule has 0 saturated heterocycles. The molecule has 1 aliphatic rings. The molecule has 1 atom stereocenters. The maximum atomic E-state index is 14.2. The fraction of sp³-hybridized carbons (Fsp3) is 0.421. The Morgan fingerprint density at radius 2 is 2.10 bits per heavy atom. The van der Waals surface area contributed by atoms with Crippen molar-refractivity contribution >= 4 is 34.1 Å². The number of hydrogen-bond acceptors (Lipinski definition) is 7. The maximum Gasteiger partial charge on any atom is 0.312 e. The molecular formula is C19H24F2N6O2S. The largest absolute Gasteiger partial charge is 0.382 e. The van der Waals surface area contributed by atoms with E-state index in [-0.39, 0.29) is 42.6 Å². The quantitative estimate of drug-likeness (QED) is 0.481. The number of fused-ring (bicyclic) bond motifs is 1. The van der Waals surface area contributed by atoms with E-state index in [4.69, 9.17) is 10.9 Å². The summed E-state index contributed by atoms with van der Waals surface area (Å²) < 4.78 is 50.8. The molecule has 162 valence electrons. The van der Waals surface area contributed by atoms with Crippen LogP contribution in [-0.2, 0) is 23.0 Å². The van der Waals surface area contributed by atoms with E-state index in [0.717, 1.165) is 16.7 Å². The third-order valence-corrected chi connectivity index (χ3v) is 6.00. The van der Waals surface area contributed by atoms with Gasteiger partial charge in [0.15, 0.2) is 11.6 Å². The molecule has 0 spiro atoms. The number of aromatic nitrogens is 2. The fourth-order valence-electron chi connectivity index (χ4n) is 3.67. The Morgan fingerprint density at radius 3 is 2.77 bits per heavy atom. The molecule has 1 aromatic heterocycles. The van der Waals surface area contributed by atoms with Gasteiger partial charge in [0.25, 0.3) is 0 Å². The molecule has 1 aliphatic carbocycles. The maximum absolute atomic E-state index is 14.2. The van der Waals surface area contributed by atoms with Crippen LogP contribution in [0.3, 0.4) is 0 Å². The number of benzene rings is 1. The van der Waals surface area contributed by atoms with Crippen LogP contribution in [0.1, 0.15) is 41.3 Å². The number of alkyl halides is 1. The van der Waals surface area contributed by atoms with E-state index in [1.165, 1.54) is 0 Å². The van der Waals surface area contributed by atoms with E-state index in [1.54, 1.807) is 11.0 Å². The lowest BCUT2D eigenvalue weighted by atomic mass is 10.00. The number of nitrogen functional groups attached to an aromatic ring is 1. The second-order valence-corrected chi connectivity index (χ2v) is 9.07. The summed E-state index contributed by atoms with van der Waals surface area (Å²) >= 11 is 0. The Morgan fingerprint density at radius 1 is 1.37 bits per heavy atom. The van der Waals surface area contributed by atoms with Crippen molar-refractivity contribution in [1.29, 1.82) is 0 Å². The summed E-state index contributed by atoms with van der Waals surface area (Å²) in [5.41, 5.74) is 9.24. The third kappa shape index (κ3) is 4.90. The molecule has 1 aromatic carbocycles. The van der Waals surface area contributed by atoms with E-state index < -0.39 is 22.3 Å². The molecule has 2 aromatic rings. The molecule has 1 heterocycles. The van der Waals surface area contributed by atoms with E-state index >= 15 is 0 Å². The van der Waals surface area contributed by atoms with Crippen molar-refractivity contribution in [2.24, 2.45) is 10.1 Å². The van der Waals surface area contributed by atoms with Crippen LogP contribution in [-0.4, -0.2) is 37.4 Å². The normalized spacial score (nSPS) is 15.8. The van der Waals surface area contributed by atoms with Crippen LogP contribution < -0.4 is 15.8 Å². The van der Waals surface area contributed by atoms with Gasteiger partial charge in [-0.05, 0) is 55.2 Å². The number of aliphatic imine (C=N–C) groups is 1. The molecule has 0 fully saturated rings. The molecule has 3 rings (SSSR count). The minimum Gasteiger partial charge on any atom is -0.382 e. The molecular weight excluding hydrogens is 414 g/mol. The highest BCUT2D eigenvalue weighted by atomic mass is 32.2. The summed E-state index contributed by atoms with van der Waals surface area (Å²) in [5, 5.41) is 5.10. The van der Waals surface area contributed by atoms with Gasteiger partial charge in [-0.1, -0.05) is 12.1 Å². The van der Waals surface area contributed by atoms with E-state index in [1.807, 2.05) is 13.0 Å². The Labute approximate surface area is 174 Å². The van der Waals surface area contributed by atoms with Crippen LogP contribution in [0.2, 0.25) is 0 Å². The zero-order valence-electron chi connectivity index (χ0n) is 16.6. The first-order valence-electron chi connectivity index (χ1n) is 9.40. The van der Waals surface area contributed by atoms with Crippen molar-refractivity contribution in [2.45, 2.75) is 38.9 Å². The van der Waals surface area contributed by atoms with Gasteiger partial charge < -0.3 is 10.6 Å². The van der Waals surface area contributed by atoms with Gasteiger partial charge in [0.1, 0.15) is 11.9 Å². The number of halogens is 2. The van der Waals surface area contributed by atoms with Crippen LogP contribution in [0, 0.1) is 13.0 Å². The first-order chi connectivity index (χ1) is 14.1. The number of hydrogen-bond donors (Lipinski definition) is 2. The van der Waals surface area contributed by atoms with Gasteiger partial charge in [-0.2, -0.15) is 14.4 Å². The van der Waals surface area contributed by atoms with Gasteiger partial charge in [-0.25, -0.2) is 17.9 Å². The van der Waals surface area contributed by atoms with Gasteiger partial charge in [0.05, 0.1) is 5.75 Å². The summed E-state index contributed by atoms with van der Waals surface area (Å²) in [6, 6.07) is 3.76. The molecule has 30 heavy (non-hydrogen) atoms. The van der Waals surface area contributed by atoms with Crippen LogP contribution in [0.5, 0.6) is 0 Å². The monoisotopic (exact) mass is 438 g/mol. The second-order valence-electron chi connectivity index (χ2n) is 7.33. The van der Waals surface area contributed by atoms with Crippen LogP contribution in [0.15, 0.2) is 17.1 Å². The predicted molar refractivity (Wildman–Crippen MR) is 113 cm³/mol. The summed E-state index contributed by atoms with van der Waals surface area (Å²) in [5.74, 6) is -0.362. The highest BCUT2D eigenvalue weighted by Crippen LogP contribution is 2.37. The highest BCUT2D eigenvalue weighted by molar-refractivity contribution is 7.89. The second kappa shape index (κ2) is 8.60. The summed E-state index contributed by atoms with van der Waals surface area (Å²) in [4.78, 5) is 12.7. The fourth-order valence-corrected chi connectivity index (χ4v) is 4.21. The minimum absolute atomic E-state index is 0.0844. The zero-order chi connectivity index (χ0) is 22.1. The predicted octanol–water partition coefficient (Wildman–Crippen LogP) is 2.48. The number of sulfonamides is 1. The standard InChI is InChI=1S/C19H24F2N6O2S/c1-11-8-12-4-5-15(20)14(12)9-13(11)10-27(6-3-7-30(23,28)29)18-16(24-2)17(22)25-19(21)26-18/h8-9,15H,2-7,10H2,1H3,(H2,22,25,26)(H2,23,28,29). The lowest BCUT2D eigenvalue weighted by Crippen LogP contribution is -2.29. The lowest BCUT2D eigenvalue weighted by molar-refractivity contribution is 0.343. The van der Waals surface area contributed by atoms with Crippen molar-refractivity contribution in [3.8, 4) is 0 Å². The average Bonchev–Trinajstić information content (AvgIpc) is 2.99. The van der Waals surface area contributed by atoms with Crippen LogP contribution in [0.25, 0.3) is 0 Å². The molecule has 0 bridgehead atoms. The molecule has 4 N–H and O–H groups in total. The van der Waals surface area contributed by atoms with Crippen molar-refractivity contribution in [3.05, 3.63) is 40.5 Å². The van der Waals surface area contributed by atoms with Gasteiger partial charge in [0, 0.05) is 13.1 Å². The minimum atomic E-state index is -3.67. The molecule has 1 unspecified atom stereocenters. The number of anilines is 2. The molecule has 0 saturated carbocycles. The van der Waals surface area contributed by atoms with Crippen molar-refractivity contribution in [1.82, 2.24) is 9.97 Å². The Kier molecular flexibility index (Phi) is 6.32. The van der Waals surface area contributed by atoms with Crippen LogP contribution >= 0.6 is 0 Å². The van der Waals surface area contributed by atoms with Gasteiger partial charge in [-0.3, -0.25) is 4.99 Å².